The Hall–Kier alpha value is -1.52. The molecule has 0 radical (unpaired) electrons. The number of esters is 1. The number of hydrogen-bond acceptors (Lipinski definition) is 5. The number of carbonyl (C=O) groups is 2. The van der Waals surface area contributed by atoms with E-state index in [1.54, 1.807) is 0 Å². The molecule has 0 aliphatic heterocycles. The first kappa shape index (κ1) is 14.5. The van der Waals surface area contributed by atoms with Gasteiger partial charge in [0.2, 0.25) is 6.29 Å². The quantitative estimate of drug-likeness (QED) is 0.303. The Morgan fingerprint density at radius 2 is 1.94 bits per heavy atom. The monoisotopic (exact) mass is 230 g/mol. The van der Waals surface area contributed by atoms with Crippen LogP contribution in [0.3, 0.4) is 0 Å². The summed E-state index contributed by atoms with van der Waals surface area (Å²) in [4.78, 5) is 22.1. The molecule has 5 nitrogen and oxygen atoms in total. The lowest BCUT2D eigenvalue weighted by Gasteiger charge is -2.13. The fourth-order valence-electron chi connectivity index (χ4n) is 0.745. The van der Waals surface area contributed by atoms with E-state index in [9.17, 15) is 9.59 Å². The third-order valence-electron chi connectivity index (χ3n) is 1.60. The Bertz CT molecular complexity index is 259. The van der Waals surface area contributed by atoms with Crippen LogP contribution < -0.4 is 0 Å². The average Bonchev–Trinajstić information content (AvgIpc) is 2.17. The summed E-state index contributed by atoms with van der Waals surface area (Å²) in [7, 11) is 0. The lowest BCUT2D eigenvalue weighted by Crippen LogP contribution is -2.22. The second-order valence-corrected chi connectivity index (χ2v) is 3.32. The summed E-state index contributed by atoms with van der Waals surface area (Å²) in [6.45, 7) is 8.62. The van der Waals surface area contributed by atoms with Crippen molar-refractivity contribution in [3.05, 3.63) is 12.2 Å². The van der Waals surface area contributed by atoms with Gasteiger partial charge < -0.3 is 14.2 Å². The molecule has 0 aromatic rings. The number of hydrogen-bond donors (Lipinski definition) is 0. The van der Waals surface area contributed by atoms with Crippen molar-refractivity contribution in [3.8, 4) is 0 Å². The molecular formula is C11H18O5. The Morgan fingerprint density at radius 1 is 1.31 bits per heavy atom. The molecule has 0 fully saturated rings. The van der Waals surface area contributed by atoms with E-state index in [0.717, 1.165) is 12.8 Å². The maximum atomic E-state index is 11.0. The largest absolute Gasteiger partial charge is 0.511 e. The molecule has 1 atom stereocenters. The van der Waals surface area contributed by atoms with Crippen molar-refractivity contribution in [2.75, 3.05) is 6.61 Å². The van der Waals surface area contributed by atoms with Gasteiger partial charge in [0, 0.05) is 12.5 Å². The molecule has 0 saturated carbocycles. The molecule has 16 heavy (non-hydrogen) atoms. The van der Waals surface area contributed by atoms with E-state index in [1.165, 1.54) is 13.8 Å². The van der Waals surface area contributed by atoms with Crippen molar-refractivity contribution in [3.63, 3.8) is 0 Å². The van der Waals surface area contributed by atoms with Crippen LogP contribution in [0.5, 0.6) is 0 Å². The predicted molar refractivity (Wildman–Crippen MR) is 57.7 cm³/mol. The fraction of sp³-hybridized carbons (Fsp3) is 0.636. The lowest BCUT2D eigenvalue weighted by atomic mass is 10.4. The normalized spacial score (nSPS) is 11.4. The van der Waals surface area contributed by atoms with Crippen molar-refractivity contribution < 1.29 is 23.8 Å². The highest BCUT2D eigenvalue weighted by molar-refractivity contribution is 5.87. The number of rotatable bonds is 6. The summed E-state index contributed by atoms with van der Waals surface area (Å²) in [5.74, 6) is -0.603. The maximum absolute atomic E-state index is 11.0. The highest BCUT2D eigenvalue weighted by atomic mass is 16.8. The first-order valence-corrected chi connectivity index (χ1v) is 5.17. The molecule has 0 aromatic carbocycles. The Kier molecular flexibility index (Phi) is 7.00. The van der Waals surface area contributed by atoms with E-state index in [4.69, 9.17) is 9.47 Å². The molecule has 0 heterocycles. The van der Waals surface area contributed by atoms with Gasteiger partial charge in [-0.05, 0) is 13.3 Å². The topological polar surface area (TPSA) is 61.8 Å². The third kappa shape index (κ3) is 6.86. The van der Waals surface area contributed by atoms with Gasteiger partial charge in [-0.3, -0.25) is 0 Å². The van der Waals surface area contributed by atoms with Crippen molar-refractivity contribution >= 4 is 12.1 Å². The van der Waals surface area contributed by atoms with Gasteiger partial charge in [-0.1, -0.05) is 19.9 Å². The molecule has 0 amide bonds. The SMILES string of the molecule is C=C(C)C(=O)OC(C)OC(=O)OCCCC. The molecule has 92 valence electrons. The zero-order valence-corrected chi connectivity index (χ0v) is 9.95. The molecule has 0 aliphatic rings. The molecule has 0 spiro atoms. The van der Waals surface area contributed by atoms with Gasteiger partial charge in [-0.25, -0.2) is 9.59 Å². The van der Waals surface area contributed by atoms with E-state index in [-0.39, 0.29) is 5.57 Å². The van der Waals surface area contributed by atoms with Gasteiger partial charge in [-0.15, -0.1) is 0 Å². The van der Waals surface area contributed by atoms with Gasteiger partial charge in [-0.2, -0.15) is 0 Å². The molecule has 0 saturated heterocycles. The minimum atomic E-state index is -0.974. The van der Waals surface area contributed by atoms with Gasteiger partial charge in [0.1, 0.15) is 0 Å². The first-order chi connectivity index (χ1) is 7.47. The lowest BCUT2D eigenvalue weighted by molar-refractivity contribution is -0.163. The number of carbonyl (C=O) groups excluding carboxylic acids is 2. The van der Waals surface area contributed by atoms with Crippen LogP contribution in [0.2, 0.25) is 0 Å². The van der Waals surface area contributed by atoms with Crippen molar-refractivity contribution in [1.82, 2.24) is 0 Å². The third-order valence-corrected chi connectivity index (χ3v) is 1.60. The van der Waals surface area contributed by atoms with Crippen LogP contribution in [0, 0.1) is 0 Å². The van der Waals surface area contributed by atoms with Crippen LogP contribution >= 0.6 is 0 Å². The molecule has 0 rings (SSSR count). The smallest absolute Gasteiger partial charge is 0.434 e. The van der Waals surface area contributed by atoms with Crippen LogP contribution in [-0.2, 0) is 19.0 Å². The van der Waals surface area contributed by atoms with E-state index < -0.39 is 18.4 Å². The standard InChI is InChI=1S/C11H18O5/c1-5-6-7-14-11(13)16-9(4)15-10(12)8(2)3/h9H,2,5-7H2,1,3-4H3. The number of unbranched alkanes of at least 4 members (excludes halogenated alkanes) is 1. The summed E-state index contributed by atoms with van der Waals surface area (Å²) < 4.78 is 14.1. The molecule has 5 heteroatoms. The highest BCUT2D eigenvalue weighted by Crippen LogP contribution is 2.02. The van der Waals surface area contributed by atoms with E-state index in [1.807, 2.05) is 6.92 Å². The Labute approximate surface area is 95.4 Å². The molecular weight excluding hydrogens is 212 g/mol. The first-order valence-electron chi connectivity index (χ1n) is 5.17. The number of ether oxygens (including phenoxy) is 3. The van der Waals surface area contributed by atoms with Crippen LogP contribution in [0.25, 0.3) is 0 Å². The second-order valence-electron chi connectivity index (χ2n) is 3.32. The van der Waals surface area contributed by atoms with Gasteiger partial charge in [0.05, 0.1) is 6.61 Å². The Morgan fingerprint density at radius 3 is 2.44 bits per heavy atom. The molecule has 0 N–H and O–H groups in total. The molecule has 0 aromatic heterocycles. The summed E-state index contributed by atoms with van der Waals surface area (Å²) in [6.07, 6.45) is -0.114. The van der Waals surface area contributed by atoms with E-state index in [0.29, 0.717) is 6.61 Å². The van der Waals surface area contributed by atoms with Crippen LogP contribution in [0.4, 0.5) is 4.79 Å². The van der Waals surface area contributed by atoms with Crippen LogP contribution in [-0.4, -0.2) is 25.0 Å². The molecule has 1 unspecified atom stereocenters. The van der Waals surface area contributed by atoms with Crippen molar-refractivity contribution in [2.24, 2.45) is 0 Å². The summed E-state index contributed by atoms with van der Waals surface area (Å²) in [6, 6.07) is 0. The van der Waals surface area contributed by atoms with Gasteiger partial charge >= 0.3 is 12.1 Å². The van der Waals surface area contributed by atoms with Crippen LogP contribution in [0.15, 0.2) is 12.2 Å². The fourth-order valence-corrected chi connectivity index (χ4v) is 0.745. The molecule has 0 aliphatic carbocycles. The summed E-state index contributed by atoms with van der Waals surface area (Å²) in [5, 5.41) is 0. The average molecular weight is 230 g/mol. The van der Waals surface area contributed by atoms with Gasteiger partial charge in [0.25, 0.3) is 0 Å². The minimum Gasteiger partial charge on any atom is -0.434 e. The zero-order valence-electron chi connectivity index (χ0n) is 9.95. The maximum Gasteiger partial charge on any atom is 0.511 e. The van der Waals surface area contributed by atoms with Crippen molar-refractivity contribution in [2.45, 2.75) is 39.9 Å². The van der Waals surface area contributed by atoms with E-state index >= 15 is 0 Å². The Balaban J connectivity index is 3.78. The summed E-state index contributed by atoms with van der Waals surface area (Å²) in [5.41, 5.74) is 0.245. The van der Waals surface area contributed by atoms with Crippen LogP contribution in [0.1, 0.15) is 33.6 Å². The van der Waals surface area contributed by atoms with Gasteiger partial charge in [0.15, 0.2) is 0 Å². The second kappa shape index (κ2) is 7.73. The predicted octanol–water partition coefficient (Wildman–Crippen LogP) is 2.41. The van der Waals surface area contributed by atoms with Crippen molar-refractivity contribution in [1.29, 1.82) is 0 Å². The van der Waals surface area contributed by atoms with E-state index in [2.05, 4.69) is 11.3 Å². The summed E-state index contributed by atoms with van der Waals surface area (Å²) >= 11 is 0. The highest BCUT2D eigenvalue weighted by Gasteiger charge is 2.15. The minimum absolute atomic E-state index is 0.245. The molecule has 0 bridgehead atoms. The zero-order chi connectivity index (χ0) is 12.6.